The number of thiocarbonyl (C=S) groups is 1. The fourth-order valence-corrected chi connectivity index (χ4v) is 2.18. The molecule has 0 atom stereocenters. The average molecular weight is 255 g/mol. The van der Waals surface area contributed by atoms with Crippen LogP contribution >= 0.6 is 12.2 Å². The molecule has 0 saturated heterocycles. The van der Waals surface area contributed by atoms with Crippen molar-refractivity contribution in [2.24, 2.45) is 0 Å². The Labute approximate surface area is 108 Å². The van der Waals surface area contributed by atoms with Gasteiger partial charge >= 0.3 is 0 Å². The Hall–Kier alpha value is -1.04. The van der Waals surface area contributed by atoms with Gasteiger partial charge in [-0.3, -0.25) is 0 Å². The molecule has 1 aromatic heterocycles. The Bertz CT molecular complexity index is 345. The van der Waals surface area contributed by atoms with Gasteiger partial charge in [0.25, 0.3) is 0 Å². The van der Waals surface area contributed by atoms with Gasteiger partial charge in [0.05, 0.1) is 4.99 Å². The number of aromatic nitrogens is 4. The maximum Gasteiger partial charge on any atom is 0.151 e. The van der Waals surface area contributed by atoms with Crippen molar-refractivity contribution in [3.8, 4) is 0 Å². The molecule has 0 bridgehead atoms. The smallest absolute Gasteiger partial charge is 0.151 e. The largest absolute Gasteiger partial charge is 0.367 e. The van der Waals surface area contributed by atoms with Crippen molar-refractivity contribution < 1.29 is 0 Å². The first kappa shape index (κ1) is 14.0. The molecule has 1 heterocycles. The van der Waals surface area contributed by atoms with Gasteiger partial charge in [0.15, 0.2) is 5.82 Å². The van der Waals surface area contributed by atoms with Crippen LogP contribution < -0.4 is 0 Å². The zero-order valence-electron chi connectivity index (χ0n) is 10.9. The molecule has 0 aromatic carbocycles. The summed E-state index contributed by atoms with van der Waals surface area (Å²) in [4.78, 5) is 3.27. The van der Waals surface area contributed by atoms with Crippen molar-refractivity contribution in [2.75, 3.05) is 13.1 Å². The maximum atomic E-state index is 5.40. The monoisotopic (exact) mass is 255 g/mol. The van der Waals surface area contributed by atoms with E-state index in [2.05, 4.69) is 34.3 Å². The number of rotatable bonds is 7. The molecule has 96 valence electrons. The predicted octanol–water partition coefficient (Wildman–Crippen LogP) is 1.68. The summed E-state index contributed by atoms with van der Waals surface area (Å²) in [6.07, 6.45) is 2.84. The van der Waals surface area contributed by atoms with Gasteiger partial charge in [-0.1, -0.05) is 12.2 Å². The first-order valence-corrected chi connectivity index (χ1v) is 6.66. The van der Waals surface area contributed by atoms with Gasteiger partial charge in [-0.25, -0.2) is 4.68 Å². The Morgan fingerprint density at radius 3 is 2.59 bits per heavy atom. The zero-order chi connectivity index (χ0) is 12.7. The van der Waals surface area contributed by atoms with Gasteiger partial charge in [0.2, 0.25) is 0 Å². The summed E-state index contributed by atoms with van der Waals surface area (Å²) in [5, 5.41) is 11.6. The van der Waals surface area contributed by atoms with E-state index in [0.29, 0.717) is 0 Å². The Kier molecular flexibility index (Phi) is 6.04. The van der Waals surface area contributed by atoms with Gasteiger partial charge in [0, 0.05) is 26.1 Å². The predicted molar refractivity (Wildman–Crippen MR) is 71.9 cm³/mol. The molecule has 6 heteroatoms. The second kappa shape index (κ2) is 7.32. The molecule has 0 fully saturated rings. The molecule has 0 aliphatic carbocycles. The molecule has 1 rings (SSSR count). The number of tetrazole rings is 1. The lowest BCUT2D eigenvalue weighted by molar-refractivity contribution is 0.461. The van der Waals surface area contributed by atoms with Gasteiger partial charge in [-0.05, 0) is 44.0 Å². The first-order chi connectivity index (χ1) is 8.22. The summed E-state index contributed by atoms with van der Waals surface area (Å²) in [5.41, 5.74) is 0. The van der Waals surface area contributed by atoms with Crippen LogP contribution in [0, 0.1) is 0 Å². The van der Waals surface area contributed by atoms with Gasteiger partial charge in [-0.15, -0.1) is 5.10 Å². The molecular formula is C11H21N5S. The molecule has 1 aromatic rings. The van der Waals surface area contributed by atoms with Crippen molar-refractivity contribution in [3.63, 3.8) is 0 Å². The fourth-order valence-electron chi connectivity index (χ4n) is 1.78. The molecule has 0 radical (unpaired) electrons. The van der Waals surface area contributed by atoms with E-state index >= 15 is 0 Å². The van der Waals surface area contributed by atoms with E-state index < -0.39 is 0 Å². The maximum absolute atomic E-state index is 5.40. The third-order valence-electron chi connectivity index (χ3n) is 2.81. The SMILES string of the molecule is CCN(CC)C(=S)CCCc1nnnn1CC. The van der Waals surface area contributed by atoms with Crippen LogP contribution in [0.1, 0.15) is 39.4 Å². The highest BCUT2D eigenvalue weighted by molar-refractivity contribution is 7.80. The summed E-state index contributed by atoms with van der Waals surface area (Å²) in [7, 11) is 0. The third-order valence-corrected chi connectivity index (χ3v) is 3.28. The number of hydrogen-bond donors (Lipinski definition) is 0. The van der Waals surface area contributed by atoms with Crippen molar-refractivity contribution >= 4 is 17.2 Å². The summed E-state index contributed by atoms with van der Waals surface area (Å²) < 4.78 is 1.83. The second-order valence-corrected chi connectivity index (χ2v) is 4.30. The van der Waals surface area contributed by atoms with Crippen LogP contribution in [-0.2, 0) is 13.0 Å². The van der Waals surface area contributed by atoms with Gasteiger partial charge < -0.3 is 4.90 Å². The van der Waals surface area contributed by atoms with E-state index in [0.717, 1.165) is 49.7 Å². The van der Waals surface area contributed by atoms with Crippen LogP contribution in [0.2, 0.25) is 0 Å². The molecule has 0 spiro atoms. The molecule has 0 saturated carbocycles. The number of aryl methyl sites for hydroxylation is 2. The quantitative estimate of drug-likeness (QED) is 0.694. The molecule has 17 heavy (non-hydrogen) atoms. The van der Waals surface area contributed by atoms with Gasteiger partial charge in [0.1, 0.15) is 0 Å². The van der Waals surface area contributed by atoms with Crippen LogP contribution in [0.5, 0.6) is 0 Å². The second-order valence-electron chi connectivity index (χ2n) is 3.83. The zero-order valence-corrected chi connectivity index (χ0v) is 11.7. The lowest BCUT2D eigenvalue weighted by Crippen LogP contribution is -2.28. The van der Waals surface area contributed by atoms with Crippen LogP contribution in [-0.4, -0.2) is 43.2 Å². The van der Waals surface area contributed by atoms with E-state index in [-0.39, 0.29) is 0 Å². The minimum Gasteiger partial charge on any atom is -0.367 e. The Morgan fingerprint density at radius 2 is 2.00 bits per heavy atom. The lowest BCUT2D eigenvalue weighted by atomic mass is 10.2. The normalized spacial score (nSPS) is 10.5. The van der Waals surface area contributed by atoms with E-state index in [1.807, 2.05) is 11.6 Å². The van der Waals surface area contributed by atoms with E-state index in [4.69, 9.17) is 12.2 Å². The highest BCUT2D eigenvalue weighted by Gasteiger charge is 2.07. The van der Waals surface area contributed by atoms with Crippen molar-refractivity contribution in [2.45, 2.75) is 46.6 Å². The Morgan fingerprint density at radius 1 is 1.29 bits per heavy atom. The van der Waals surface area contributed by atoms with Crippen molar-refractivity contribution in [1.82, 2.24) is 25.1 Å². The van der Waals surface area contributed by atoms with Crippen LogP contribution in [0.3, 0.4) is 0 Å². The minimum atomic E-state index is 0.822. The molecule has 0 N–H and O–H groups in total. The first-order valence-electron chi connectivity index (χ1n) is 6.25. The van der Waals surface area contributed by atoms with Crippen molar-refractivity contribution in [3.05, 3.63) is 5.82 Å². The van der Waals surface area contributed by atoms with E-state index in [9.17, 15) is 0 Å². The third kappa shape index (κ3) is 4.03. The summed E-state index contributed by atoms with van der Waals surface area (Å²) in [6.45, 7) is 9.11. The Balaban J connectivity index is 2.35. The molecule has 0 aliphatic rings. The summed E-state index contributed by atoms with van der Waals surface area (Å²) in [6, 6.07) is 0. The highest BCUT2D eigenvalue weighted by atomic mass is 32.1. The molecule has 0 amide bonds. The number of hydrogen-bond acceptors (Lipinski definition) is 4. The summed E-state index contributed by atoms with van der Waals surface area (Å²) >= 11 is 5.40. The summed E-state index contributed by atoms with van der Waals surface area (Å²) in [5.74, 6) is 0.954. The van der Waals surface area contributed by atoms with E-state index in [1.165, 1.54) is 0 Å². The van der Waals surface area contributed by atoms with Crippen LogP contribution in [0.15, 0.2) is 0 Å². The average Bonchev–Trinajstić information content (AvgIpc) is 2.78. The standard InChI is InChI=1S/C11H21N5S/c1-4-15(5-2)11(17)9-7-8-10-12-13-14-16(10)6-3/h4-9H2,1-3H3. The molecule has 5 nitrogen and oxygen atoms in total. The number of nitrogens with zero attached hydrogens (tertiary/aromatic N) is 5. The topological polar surface area (TPSA) is 46.8 Å². The van der Waals surface area contributed by atoms with Crippen molar-refractivity contribution in [1.29, 1.82) is 0 Å². The van der Waals surface area contributed by atoms with Crippen LogP contribution in [0.25, 0.3) is 0 Å². The van der Waals surface area contributed by atoms with E-state index in [1.54, 1.807) is 0 Å². The molecule has 0 unspecified atom stereocenters. The molecule has 0 aliphatic heterocycles. The fraction of sp³-hybridized carbons (Fsp3) is 0.818. The minimum absolute atomic E-state index is 0.822. The lowest BCUT2D eigenvalue weighted by Gasteiger charge is -2.21. The van der Waals surface area contributed by atoms with Crippen LogP contribution in [0.4, 0.5) is 0 Å². The molecular weight excluding hydrogens is 234 g/mol. The van der Waals surface area contributed by atoms with Gasteiger partial charge in [-0.2, -0.15) is 0 Å². The highest BCUT2D eigenvalue weighted by Crippen LogP contribution is 2.05.